The summed E-state index contributed by atoms with van der Waals surface area (Å²) in [7, 11) is 3.22. The summed E-state index contributed by atoms with van der Waals surface area (Å²) in [5.41, 5.74) is 1.50. The van der Waals surface area contributed by atoms with Crippen molar-refractivity contribution in [2.45, 2.75) is 18.9 Å². The molecule has 3 aromatic rings. The third kappa shape index (κ3) is 3.53. The molecule has 1 aliphatic rings. The van der Waals surface area contributed by atoms with Crippen LogP contribution in [0.25, 0.3) is 11.6 Å². The van der Waals surface area contributed by atoms with E-state index in [1.54, 1.807) is 31.4 Å². The van der Waals surface area contributed by atoms with Crippen molar-refractivity contribution in [2.24, 2.45) is 0 Å². The number of rotatable bonds is 6. The van der Waals surface area contributed by atoms with Gasteiger partial charge >= 0.3 is 0 Å². The lowest BCUT2D eigenvalue weighted by atomic mass is 10.1. The first kappa shape index (κ1) is 18.0. The molecule has 1 fully saturated rings. The highest BCUT2D eigenvalue weighted by atomic mass is 16.5. The van der Waals surface area contributed by atoms with Gasteiger partial charge in [0.1, 0.15) is 17.2 Å². The van der Waals surface area contributed by atoms with Gasteiger partial charge in [0.25, 0.3) is 5.89 Å². The van der Waals surface area contributed by atoms with Crippen LogP contribution in [0, 0.1) is 0 Å². The van der Waals surface area contributed by atoms with Crippen molar-refractivity contribution in [3.8, 4) is 23.1 Å². The smallest absolute Gasteiger partial charge is 0.276 e. The maximum atomic E-state index is 12.5. The second-order valence-electron chi connectivity index (χ2n) is 6.53. The normalized spacial score (nSPS) is 16.4. The summed E-state index contributed by atoms with van der Waals surface area (Å²) in [6, 6.07) is 11.0. The molecule has 144 valence electrons. The summed E-state index contributed by atoms with van der Waals surface area (Å²) in [5, 5.41) is 4.06. The molecule has 1 amide bonds. The molecule has 0 spiro atoms. The van der Waals surface area contributed by atoms with Crippen LogP contribution in [0.5, 0.6) is 11.5 Å². The fourth-order valence-corrected chi connectivity index (χ4v) is 3.30. The fourth-order valence-electron chi connectivity index (χ4n) is 3.30. The zero-order chi connectivity index (χ0) is 19.5. The SMILES string of the molecule is COc1ccc(OC)c(CN2CC(c3noc(-c4ccccn4)n3)CC2=O)c1. The Morgan fingerprint density at radius 3 is 2.86 bits per heavy atom. The number of ether oxygens (including phenoxy) is 2. The molecule has 0 bridgehead atoms. The van der Waals surface area contributed by atoms with E-state index in [4.69, 9.17) is 14.0 Å². The van der Waals surface area contributed by atoms with Gasteiger partial charge in [0.05, 0.1) is 14.2 Å². The van der Waals surface area contributed by atoms with Gasteiger partial charge in [-0.2, -0.15) is 4.98 Å². The first-order valence-corrected chi connectivity index (χ1v) is 8.91. The molecule has 8 heteroatoms. The molecule has 0 N–H and O–H groups in total. The van der Waals surface area contributed by atoms with Gasteiger partial charge in [0.15, 0.2) is 5.82 Å². The standard InChI is InChI=1S/C20H20N4O4/c1-26-15-6-7-17(27-2)13(9-15)11-24-12-14(10-18(24)25)19-22-20(28-23-19)16-5-3-4-8-21-16/h3-9,14H,10-12H2,1-2H3. The van der Waals surface area contributed by atoms with Crippen molar-refractivity contribution in [1.29, 1.82) is 0 Å². The number of carbonyl (C=O) groups excluding carboxylic acids is 1. The van der Waals surface area contributed by atoms with Crippen LogP contribution < -0.4 is 9.47 Å². The molecule has 1 aromatic carbocycles. The highest BCUT2D eigenvalue weighted by molar-refractivity contribution is 5.79. The molecular formula is C20H20N4O4. The minimum absolute atomic E-state index is 0.0408. The molecule has 8 nitrogen and oxygen atoms in total. The minimum Gasteiger partial charge on any atom is -0.497 e. The second kappa shape index (κ2) is 7.67. The number of nitrogens with zero attached hydrogens (tertiary/aromatic N) is 4. The Morgan fingerprint density at radius 1 is 1.21 bits per heavy atom. The number of benzene rings is 1. The third-order valence-corrected chi connectivity index (χ3v) is 4.75. The summed E-state index contributed by atoms with van der Waals surface area (Å²) in [5.74, 6) is 2.24. The number of aromatic nitrogens is 3. The monoisotopic (exact) mass is 380 g/mol. The van der Waals surface area contributed by atoms with Crippen LogP contribution in [0.2, 0.25) is 0 Å². The Morgan fingerprint density at radius 2 is 2.11 bits per heavy atom. The van der Waals surface area contributed by atoms with E-state index in [-0.39, 0.29) is 11.8 Å². The van der Waals surface area contributed by atoms with E-state index in [2.05, 4.69) is 15.1 Å². The quantitative estimate of drug-likeness (QED) is 0.649. The number of pyridine rings is 1. The summed E-state index contributed by atoms with van der Waals surface area (Å²) in [6.45, 7) is 0.945. The van der Waals surface area contributed by atoms with Crippen LogP contribution in [0.15, 0.2) is 47.1 Å². The third-order valence-electron chi connectivity index (χ3n) is 4.75. The van der Waals surface area contributed by atoms with Crippen molar-refractivity contribution in [1.82, 2.24) is 20.0 Å². The first-order chi connectivity index (χ1) is 13.7. The van der Waals surface area contributed by atoms with Gasteiger partial charge < -0.3 is 18.9 Å². The Hall–Kier alpha value is -3.42. The lowest BCUT2D eigenvalue weighted by Crippen LogP contribution is -2.24. The largest absolute Gasteiger partial charge is 0.497 e. The van der Waals surface area contributed by atoms with Crippen molar-refractivity contribution in [2.75, 3.05) is 20.8 Å². The summed E-state index contributed by atoms with van der Waals surface area (Å²) < 4.78 is 16.0. The van der Waals surface area contributed by atoms with Gasteiger partial charge in [0, 0.05) is 37.2 Å². The molecule has 0 saturated carbocycles. The molecule has 0 aliphatic carbocycles. The lowest BCUT2D eigenvalue weighted by Gasteiger charge is -2.18. The Balaban J connectivity index is 1.50. The minimum atomic E-state index is -0.120. The fraction of sp³-hybridized carbons (Fsp3) is 0.300. The van der Waals surface area contributed by atoms with E-state index in [0.29, 0.717) is 42.7 Å². The van der Waals surface area contributed by atoms with Gasteiger partial charge in [-0.3, -0.25) is 9.78 Å². The average molecular weight is 380 g/mol. The number of hydrogen-bond donors (Lipinski definition) is 0. The Kier molecular flexibility index (Phi) is 4.92. The van der Waals surface area contributed by atoms with Crippen molar-refractivity contribution >= 4 is 5.91 Å². The molecular weight excluding hydrogens is 360 g/mol. The van der Waals surface area contributed by atoms with Gasteiger partial charge in [-0.25, -0.2) is 0 Å². The number of methoxy groups -OCH3 is 2. The van der Waals surface area contributed by atoms with E-state index in [9.17, 15) is 4.79 Å². The predicted octanol–water partition coefficient (Wildman–Crippen LogP) is 2.66. The molecule has 2 aromatic heterocycles. The maximum Gasteiger partial charge on any atom is 0.276 e. The van der Waals surface area contributed by atoms with Crippen molar-refractivity contribution in [3.63, 3.8) is 0 Å². The van der Waals surface area contributed by atoms with E-state index in [1.165, 1.54) is 0 Å². The topological polar surface area (TPSA) is 90.6 Å². The number of carbonyl (C=O) groups is 1. The van der Waals surface area contributed by atoms with Crippen molar-refractivity contribution in [3.05, 3.63) is 54.0 Å². The van der Waals surface area contributed by atoms with Gasteiger partial charge in [0.2, 0.25) is 5.91 Å². The molecule has 28 heavy (non-hydrogen) atoms. The summed E-state index contributed by atoms with van der Waals surface area (Å²) in [4.78, 5) is 23.0. The predicted molar refractivity (Wildman–Crippen MR) is 99.9 cm³/mol. The lowest BCUT2D eigenvalue weighted by molar-refractivity contribution is -0.128. The van der Waals surface area contributed by atoms with Gasteiger partial charge in [-0.15, -0.1) is 0 Å². The van der Waals surface area contributed by atoms with E-state index in [0.717, 1.165) is 11.3 Å². The van der Waals surface area contributed by atoms with Crippen LogP contribution in [-0.2, 0) is 11.3 Å². The van der Waals surface area contributed by atoms with Crippen LogP contribution in [0.3, 0.4) is 0 Å². The van der Waals surface area contributed by atoms with E-state index < -0.39 is 0 Å². The molecule has 4 rings (SSSR count). The summed E-state index contributed by atoms with van der Waals surface area (Å²) in [6.07, 6.45) is 2.01. The molecule has 3 heterocycles. The van der Waals surface area contributed by atoms with Crippen LogP contribution in [0.4, 0.5) is 0 Å². The highest BCUT2D eigenvalue weighted by Gasteiger charge is 2.34. The van der Waals surface area contributed by atoms with E-state index in [1.807, 2.05) is 30.3 Å². The molecule has 1 saturated heterocycles. The van der Waals surface area contributed by atoms with Gasteiger partial charge in [-0.1, -0.05) is 11.2 Å². The Labute approximate surface area is 162 Å². The number of amides is 1. The zero-order valence-corrected chi connectivity index (χ0v) is 15.7. The Bertz CT molecular complexity index is 973. The molecule has 0 radical (unpaired) electrons. The highest BCUT2D eigenvalue weighted by Crippen LogP contribution is 2.31. The maximum absolute atomic E-state index is 12.5. The number of hydrogen-bond acceptors (Lipinski definition) is 7. The van der Waals surface area contributed by atoms with Crippen LogP contribution in [0.1, 0.15) is 23.7 Å². The molecule has 1 aliphatic heterocycles. The first-order valence-electron chi connectivity index (χ1n) is 8.91. The number of likely N-dealkylation sites (tertiary alicyclic amines) is 1. The summed E-state index contributed by atoms with van der Waals surface area (Å²) >= 11 is 0. The van der Waals surface area contributed by atoms with Crippen LogP contribution >= 0.6 is 0 Å². The second-order valence-corrected chi connectivity index (χ2v) is 6.53. The van der Waals surface area contributed by atoms with E-state index >= 15 is 0 Å². The van der Waals surface area contributed by atoms with Crippen molar-refractivity contribution < 1.29 is 18.8 Å². The van der Waals surface area contributed by atoms with Gasteiger partial charge in [-0.05, 0) is 30.3 Å². The van der Waals surface area contributed by atoms with Crippen LogP contribution in [-0.4, -0.2) is 46.7 Å². The molecule has 1 unspecified atom stereocenters. The zero-order valence-electron chi connectivity index (χ0n) is 15.7. The average Bonchev–Trinajstić information content (AvgIpc) is 3.36. The molecule has 1 atom stereocenters.